The number of alkyl halides is 3. The first-order chi connectivity index (χ1) is 12.3. The fraction of sp³-hybridized carbons (Fsp3) is 0.389. The highest BCUT2D eigenvalue weighted by molar-refractivity contribution is 5.93. The van der Waals surface area contributed by atoms with Gasteiger partial charge < -0.3 is 10.2 Å². The molecule has 1 amide bonds. The minimum Gasteiger partial charge on any atom is -0.340 e. The Hall–Kier alpha value is -2.64. The smallest absolute Gasteiger partial charge is 0.340 e. The first-order valence-corrected chi connectivity index (χ1v) is 8.43. The number of aryl methyl sites for hydroxylation is 1. The Morgan fingerprint density at radius 3 is 2.50 bits per heavy atom. The van der Waals surface area contributed by atoms with Gasteiger partial charge in [0.25, 0.3) is 5.91 Å². The number of nitrogens with zero attached hydrogens (tertiary/aromatic N) is 3. The molecular formula is C18H19F3N4O. The molecule has 8 heteroatoms. The largest absolute Gasteiger partial charge is 0.418 e. The summed E-state index contributed by atoms with van der Waals surface area (Å²) in [4.78, 5) is 22.6. The summed E-state index contributed by atoms with van der Waals surface area (Å²) in [5.74, 6) is 0.261. The highest BCUT2D eigenvalue weighted by Gasteiger charge is 2.33. The second-order valence-electron chi connectivity index (χ2n) is 6.21. The van der Waals surface area contributed by atoms with Gasteiger partial charge in [-0.2, -0.15) is 13.2 Å². The molecule has 2 heterocycles. The summed E-state index contributed by atoms with van der Waals surface area (Å²) in [7, 11) is 0. The van der Waals surface area contributed by atoms with Crippen LogP contribution in [0, 0.1) is 6.92 Å². The zero-order chi connectivity index (χ0) is 18.7. The lowest BCUT2D eigenvalue weighted by molar-refractivity contribution is -0.136. The van der Waals surface area contributed by atoms with Crippen LogP contribution in [0.2, 0.25) is 0 Å². The van der Waals surface area contributed by atoms with E-state index in [0.29, 0.717) is 18.9 Å². The normalized spacial score (nSPS) is 15.0. The lowest BCUT2D eigenvalue weighted by atomic mass is 10.1. The van der Waals surface area contributed by atoms with E-state index in [0.717, 1.165) is 25.3 Å². The molecule has 1 aliphatic rings. The van der Waals surface area contributed by atoms with Crippen molar-refractivity contribution < 1.29 is 18.0 Å². The SMILES string of the molecule is Cc1nc(Nc2ccccc2C(F)(F)F)cc(C(=O)N2CCCCC2)n1. The maximum Gasteiger partial charge on any atom is 0.418 e. The number of aromatic nitrogens is 2. The lowest BCUT2D eigenvalue weighted by Gasteiger charge is -2.26. The number of anilines is 2. The number of piperidine rings is 1. The topological polar surface area (TPSA) is 58.1 Å². The van der Waals surface area contributed by atoms with E-state index >= 15 is 0 Å². The second kappa shape index (κ2) is 7.31. The van der Waals surface area contributed by atoms with Gasteiger partial charge in [0.2, 0.25) is 0 Å². The molecule has 0 bridgehead atoms. The molecule has 5 nitrogen and oxygen atoms in total. The van der Waals surface area contributed by atoms with Gasteiger partial charge in [0, 0.05) is 19.2 Å². The number of halogens is 3. The predicted octanol–water partition coefficient (Wildman–Crippen LogP) is 4.17. The molecule has 1 aliphatic heterocycles. The van der Waals surface area contributed by atoms with Crippen LogP contribution >= 0.6 is 0 Å². The number of para-hydroxylation sites is 1. The Morgan fingerprint density at radius 2 is 1.81 bits per heavy atom. The molecule has 2 aromatic rings. The van der Waals surface area contributed by atoms with Crippen LogP contribution < -0.4 is 5.32 Å². The molecule has 1 saturated heterocycles. The molecule has 0 spiro atoms. The Labute approximate surface area is 149 Å². The third kappa shape index (κ3) is 4.12. The van der Waals surface area contributed by atoms with Gasteiger partial charge in [-0.15, -0.1) is 0 Å². The van der Waals surface area contributed by atoms with Crippen molar-refractivity contribution in [2.24, 2.45) is 0 Å². The molecule has 1 aromatic carbocycles. The lowest BCUT2D eigenvalue weighted by Crippen LogP contribution is -2.36. The van der Waals surface area contributed by atoms with E-state index in [1.807, 2.05) is 0 Å². The number of amides is 1. The summed E-state index contributed by atoms with van der Waals surface area (Å²) in [5.41, 5.74) is -0.721. The van der Waals surface area contributed by atoms with E-state index in [1.54, 1.807) is 11.8 Å². The molecule has 138 valence electrons. The van der Waals surface area contributed by atoms with E-state index in [2.05, 4.69) is 15.3 Å². The standard InChI is InChI=1S/C18H19F3N4O/c1-12-22-15(17(26)25-9-5-2-6-10-25)11-16(23-12)24-14-8-4-3-7-13(14)18(19,20)21/h3-4,7-8,11H,2,5-6,9-10H2,1H3,(H,22,23,24). The average Bonchev–Trinajstić information content (AvgIpc) is 2.61. The molecule has 3 rings (SSSR count). The highest BCUT2D eigenvalue weighted by atomic mass is 19.4. The van der Waals surface area contributed by atoms with Gasteiger partial charge >= 0.3 is 6.18 Å². The Morgan fingerprint density at radius 1 is 1.12 bits per heavy atom. The molecule has 1 aromatic heterocycles. The summed E-state index contributed by atoms with van der Waals surface area (Å²) in [6, 6.07) is 6.55. The minimum atomic E-state index is -4.49. The van der Waals surface area contributed by atoms with Crippen LogP contribution in [0.3, 0.4) is 0 Å². The van der Waals surface area contributed by atoms with Crippen LogP contribution in [-0.4, -0.2) is 33.9 Å². The van der Waals surface area contributed by atoms with Crippen molar-refractivity contribution in [3.63, 3.8) is 0 Å². The molecule has 0 radical (unpaired) electrons. The zero-order valence-electron chi connectivity index (χ0n) is 14.3. The Bertz CT molecular complexity index is 801. The Kier molecular flexibility index (Phi) is 5.11. The van der Waals surface area contributed by atoms with Gasteiger partial charge in [0.15, 0.2) is 0 Å². The molecule has 1 fully saturated rings. The summed E-state index contributed by atoms with van der Waals surface area (Å²) in [6.07, 6.45) is -1.51. The molecule has 0 saturated carbocycles. The second-order valence-corrected chi connectivity index (χ2v) is 6.21. The predicted molar refractivity (Wildman–Crippen MR) is 91.3 cm³/mol. The van der Waals surface area contributed by atoms with Crippen LogP contribution in [0.15, 0.2) is 30.3 Å². The number of hydrogen-bond donors (Lipinski definition) is 1. The van der Waals surface area contributed by atoms with Gasteiger partial charge in [0.05, 0.1) is 11.3 Å². The number of hydrogen-bond acceptors (Lipinski definition) is 4. The number of likely N-dealkylation sites (tertiary alicyclic amines) is 1. The van der Waals surface area contributed by atoms with Crippen molar-refractivity contribution in [3.8, 4) is 0 Å². The molecular weight excluding hydrogens is 345 g/mol. The van der Waals surface area contributed by atoms with E-state index in [1.165, 1.54) is 24.3 Å². The van der Waals surface area contributed by atoms with Crippen molar-refractivity contribution in [2.75, 3.05) is 18.4 Å². The quantitative estimate of drug-likeness (QED) is 0.888. The monoisotopic (exact) mass is 364 g/mol. The zero-order valence-corrected chi connectivity index (χ0v) is 14.3. The van der Waals surface area contributed by atoms with Gasteiger partial charge in [-0.3, -0.25) is 4.79 Å². The van der Waals surface area contributed by atoms with Crippen molar-refractivity contribution in [3.05, 3.63) is 47.4 Å². The maximum atomic E-state index is 13.1. The summed E-state index contributed by atoms with van der Waals surface area (Å²) in [6.45, 7) is 2.94. The van der Waals surface area contributed by atoms with Gasteiger partial charge in [-0.05, 0) is 38.3 Å². The number of nitrogens with one attached hydrogen (secondary N) is 1. The molecule has 1 N–H and O–H groups in total. The summed E-state index contributed by atoms with van der Waals surface area (Å²) >= 11 is 0. The molecule has 26 heavy (non-hydrogen) atoms. The van der Waals surface area contributed by atoms with Crippen molar-refractivity contribution in [2.45, 2.75) is 32.4 Å². The average molecular weight is 364 g/mol. The fourth-order valence-corrected chi connectivity index (χ4v) is 2.98. The van der Waals surface area contributed by atoms with Crippen molar-refractivity contribution in [1.82, 2.24) is 14.9 Å². The van der Waals surface area contributed by atoms with Crippen LogP contribution in [0.4, 0.5) is 24.7 Å². The highest BCUT2D eigenvalue weighted by Crippen LogP contribution is 2.35. The van der Waals surface area contributed by atoms with Crippen LogP contribution in [0.5, 0.6) is 0 Å². The van der Waals surface area contributed by atoms with Crippen molar-refractivity contribution >= 4 is 17.4 Å². The summed E-state index contributed by atoms with van der Waals surface area (Å²) in [5, 5.41) is 2.68. The maximum absolute atomic E-state index is 13.1. The third-order valence-electron chi connectivity index (χ3n) is 4.20. The van der Waals surface area contributed by atoms with Crippen LogP contribution in [0.1, 0.15) is 41.1 Å². The number of carbonyl (C=O) groups is 1. The number of rotatable bonds is 3. The van der Waals surface area contributed by atoms with E-state index < -0.39 is 11.7 Å². The van der Waals surface area contributed by atoms with E-state index in [-0.39, 0.29) is 23.1 Å². The Balaban J connectivity index is 1.88. The van der Waals surface area contributed by atoms with Gasteiger partial charge in [0.1, 0.15) is 17.3 Å². The van der Waals surface area contributed by atoms with Crippen LogP contribution in [-0.2, 0) is 6.18 Å². The molecule has 0 atom stereocenters. The number of benzene rings is 1. The fourth-order valence-electron chi connectivity index (χ4n) is 2.98. The first-order valence-electron chi connectivity index (χ1n) is 8.43. The summed E-state index contributed by atoms with van der Waals surface area (Å²) < 4.78 is 39.4. The van der Waals surface area contributed by atoms with Gasteiger partial charge in [-0.1, -0.05) is 12.1 Å². The van der Waals surface area contributed by atoms with E-state index in [4.69, 9.17) is 0 Å². The third-order valence-corrected chi connectivity index (χ3v) is 4.20. The van der Waals surface area contributed by atoms with E-state index in [9.17, 15) is 18.0 Å². The van der Waals surface area contributed by atoms with Gasteiger partial charge in [-0.25, -0.2) is 9.97 Å². The number of carbonyl (C=O) groups excluding carboxylic acids is 1. The first kappa shape index (κ1) is 18.2. The minimum absolute atomic E-state index is 0.116. The van der Waals surface area contributed by atoms with Crippen LogP contribution in [0.25, 0.3) is 0 Å². The molecule has 0 unspecified atom stereocenters. The molecule has 0 aliphatic carbocycles. The van der Waals surface area contributed by atoms with Crippen molar-refractivity contribution in [1.29, 1.82) is 0 Å².